The summed E-state index contributed by atoms with van der Waals surface area (Å²) in [6, 6.07) is 4.72. The van der Waals surface area contributed by atoms with Gasteiger partial charge in [0.15, 0.2) is 11.4 Å². The van der Waals surface area contributed by atoms with Crippen LogP contribution in [0.1, 0.15) is 12.8 Å². The predicted octanol–water partition coefficient (Wildman–Crippen LogP) is 2.73. The maximum Gasteiger partial charge on any atom is 0.237 e. The van der Waals surface area contributed by atoms with Crippen LogP contribution in [-0.4, -0.2) is 25.0 Å². The van der Waals surface area contributed by atoms with Crippen molar-refractivity contribution in [2.24, 2.45) is 0 Å². The Kier molecular flexibility index (Phi) is 2.72. The average Bonchev–Trinajstić information content (AvgIpc) is 2.89. The van der Waals surface area contributed by atoms with Crippen molar-refractivity contribution in [3.8, 4) is 0 Å². The van der Waals surface area contributed by atoms with E-state index in [1.807, 2.05) is 0 Å². The Morgan fingerprint density at radius 3 is 2.89 bits per heavy atom. The molecule has 1 aromatic heterocycles. The first-order valence-corrected chi connectivity index (χ1v) is 7.64. The van der Waals surface area contributed by atoms with Crippen LogP contribution in [0.25, 0.3) is 11.0 Å². The molecule has 1 fully saturated rings. The van der Waals surface area contributed by atoms with E-state index >= 15 is 0 Å². The topological polar surface area (TPSA) is 72.2 Å². The molecule has 0 spiro atoms. The summed E-state index contributed by atoms with van der Waals surface area (Å²) in [7, 11) is -3.79. The monoisotopic (exact) mass is 304 g/mol. The Morgan fingerprint density at radius 1 is 1.47 bits per heavy atom. The van der Waals surface area contributed by atoms with Gasteiger partial charge in [-0.25, -0.2) is 12.8 Å². The minimum absolute atomic E-state index is 0.0294. The molecule has 8 heteroatoms. The highest BCUT2D eigenvalue weighted by Gasteiger charge is 2.47. The van der Waals surface area contributed by atoms with Gasteiger partial charge in [0.2, 0.25) is 10.0 Å². The van der Waals surface area contributed by atoms with Crippen molar-refractivity contribution in [2.75, 3.05) is 10.5 Å². The average molecular weight is 305 g/mol. The molecule has 0 amide bonds. The van der Waals surface area contributed by atoms with Crippen molar-refractivity contribution in [1.29, 1.82) is 0 Å². The molecule has 102 valence electrons. The lowest BCUT2D eigenvalue weighted by molar-refractivity contribution is 0.341. The van der Waals surface area contributed by atoms with Gasteiger partial charge in [0.1, 0.15) is 11.4 Å². The van der Waals surface area contributed by atoms with Crippen molar-refractivity contribution in [3.63, 3.8) is 0 Å². The SMILES string of the molecule is O=S(=O)(CC1(F)CC1)Nc1noc2ccc(Cl)cc12. The van der Waals surface area contributed by atoms with Crippen LogP contribution in [0.3, 0.4) is 0 Å². The molecule has 1 aliphatic rings. The number of sulfonamides is 1. The van der Waals surface area contributed by atoms with Crippen LogP contribution in [0, 0.1) is 0 Å². The van der Waals surface area contributed by atoms with Gasteiger partial charge in [0.05, 0.1) is 5.39 Å². The van der Waals surface area contributed by atoms with Gasteiger partial charge in [-0.3, -0.25) is 4.72 Å². The molecule has 2 aromatic rings. The fraction of sp³-hybridized carbons (Fsp3) is 0.364. The summed E-state index contributed by atoms with van der Waals surface area (Å²) in [5.41, 5.74) is -1.19. The second-order valence-corrected chi connectivity index (χ2v) is 6.84. The Morgan fingerprint density at radius 2 is 2.21 bits per heavy atom. The lowest BCUT2D eigenvalue weighted by Gasteiger charge is -2.07. The maximum atomic E-state index is 13.5. The number of halogens is 2. The number of hydrogen-bond donors (Lipinski definition) is 1. The molecule has 1 heterocycles. The van der Waals surface area contributed by atoms with Crippen LogP contribution >= 0.6 is 11.6 Å². The zero-order chi connectivity index (χ0) is 13.7. The van der Waals surface area contributed by atoms with E-state index in [-0.39, 0.29) is 18.7 Å². The molecule has 0 radical (unpaired) electrons. The molecule has 5 nitrogen and oxygen atoms in total. The Labute approximate surface area is 113 Å². The molecule has 0 aliphatic heterocycles. The second-order valence-electron chi connectivity index (χ2n) is 4.68. The highest BCUT2D eigenvalue weighted by atomic mass is 35.5. The number of hydrogen-bond acceptors (Lipinski definition) is 4. The van der Waals surface area contributed by atoms with Gasteiger partial charge in [-0.15, -0.1) is 0 Å². The van der Waals surface area contributed by atoms with Gasteiger partial charge in [0, 0.05) is 5.02 Å². The van der Waals surface area contributed by atoms with Crippen molar-refractivity contribution in [2.45, 2.75) is 18.5 Å². The second kappa shape index (κ2) is 4.08. The lowest BCUT2D eigenvalue weighted by Crippen LogP contribution is -2.24. The normalized spacial score (nSPS) is 17.6. The number of rotatable bonds is 4. The third-order valence-electron chi connectivity index (χ3n) is 2.93. The van der Waals surface area contributed by atoms with Crippen LogP contribution in [0.2, 0.25) is 5.02 Å². The number of nitrogens with zero attached hydrogens (tertiary/aromatic N) is 1. The molecule has 0 unspecified atom stereocenters. The van der Waals surface area contributed by atoms with E-state index < -0.39 is 21.4 Å². The Hall–Kier alpha value is -1.34. The summed E-state index contributed by atoms with van der Waals surface area (Å²) in [6.07, 6.45) is 0.554. The van der Waals surface area contributed by atoms with Gasteiger partial charge in [-0.2, -0.15) is 0 Å². The fourth-order valence-electron chi connectivity index (χ4n) is 1.79. The predicted molar refractivity (Wildman–Crippen MR) is 69.5 cm³/mol. The third kappa shape index (κ3) is 2.66. The highest BCUT2D eigenvalue weighted by Crippen LogP contribution is 2.41. The summed E-state index contributed by atoms with van der Waals surface area (Å²) in [4.78, 5) is 0. The summed E-state index contributed by atoms with van der Waals surface area (Å²) in [5, 5.41) is 4.50. The molecule has 3 rings (SSSR count). The standard InChI is InChI=1S/C11H10ClFN2O3S/c12-7-1-2-9-8(5-7)10(14-18-9)15-19(16,17)6-11(13)3-4-11/h1-2,5H,3-4,6H2,(H,14,15). The van der Waals surface area contributed by atoms with Gasteiger partial charge < -0.3 is 4.52 Å². The van der Waals surface area contributed by atoms with Crippen LogP contribution in [0.15, 0.2) is 22.7 Å². The van der Waals surface area contributed by atoms with E-state index in [1.54, 1.807) is 12.1 Å². The molecule has 1 saturated carbocycles. The number of aromatic nitrogens is 1. The number of fused-ring (bicyclic) bond motifs is 1. The zero-order valence-electron chi connectivity index (χ0n) is 9.69. The third-order valence-corrected chi connectivity index (χ3v) is 4.56. The van der Waals surface area contributed by atoms with Gasteiger partial charge in [-0.1, -0.05) is 16.8 Å². The van der Waals surface area contributed by atoms with E-state index in [1.165, 1.54) is 6.07 Å². The molecule has 0 bridgehead atoms. The van der Waals surface area contributed by atoms with E-state index in [0.717, 1.165) is 0 Å². The van der Waals surface area contributed by atoms with E-state index in [0.29, 0.717) is 16.0 Å². The minimum Gasteiger partial charge on any atom is -0.354 e. The maximum absolute atomic E-state index is 13.5. The molecule has 1 aromatic carbocycles. The summed E-state index contributed by atoms with van der Waals surface area (Å²) in [6.45, 7) is 0. The van der Waals surface area contributed by atoms with Crippen LogP contribution in [-0.2, 0) is 10.0 Å². The number of alkyl halides is 1. The van der Waals surface area contributed by atoms with Crippen molar-refractivity contribution < 1.29 is 17.3 Å². The molecular weight excluding hydrogens is 295 g/mol. The zero-order valence-corrected chi connectivity index (χ0v) is 11.3. The molecule has 0 atom stereocenters. The van der Waals surface area contributed by atoms with Crippen LogP contribution in [0.5, 0.6) is 0 Å². The van der Waals surface area contributed by atoms with Gasteiger partial charge in [0.25, 0.3) is 0 Å². The Bertz CT molecular complexity index is 739. The van der Waals surface area contributed by atoms with E-state index in [4.69, 9.17) is 16.1 Å². The summed E-state index contributed by atoms with van der Waals surface area (Å²) in [5.74, 6) is -0.531. The van der Waals surface area contributed by atoms with Gasteiger partial charge >= 0.3 is 0 Å². The molecule has 1 N–H and O–H groups in total. The first-order valence-electron chi connectivity index (χ1n) is 5.61. The van der Waals surface area contributed by atoms with E-state index in [2.05, 4.69) is 9.88 Å². The minimum atomic E-state index is -3.79. The van der Waals surface area contributed by atoms with Crippen LogP contribution < -0.4 is 4.72 Å². The van der Waals surface area contributed by atoms with Crippen molar-refractivity contribution >= 4 is 38.4 Å². The highest BCUT2D eigenvalue weighted by molar-refractivity contribution is 7.92. The van der Waals surface area contributed by atoms with Gasteiger partial charge in [-0.05, 0) is 31.0 Å². The Balaban J connectivity index is 1.90. The number of anilines is 1. The molecule has 1 aliphatic carbocycles. The molecule has 0 saturated heterocycles. The number of benzene rings is 1. The van der Waals surface area contributed by atoms with E-state index in [9.17, 15) is 12.8 Å². The molecule has 19 heavy (non-hydrogen) atoms. The first-order chi connectivity index (χ1) is 8.87. The summed E-state index contributed by atoms with van der Waals surface area (Å²) >= 11 is 5.83. The lowest BCUT2D eigenvalue weighted by atomic mass is 10.2. The largest absolute Gasteiger partial charge is 0.354 e. The van der Waals surface area contributed by atoms with Crippen LogP contribution in [0.4, 0.5) is 10.2 Å². The van der Waals surface area contributed by atoms with Crippen molar-refractivity contribution in [1.82, 2.24) is 5.16 Å². The molecular formula is C11H10ClFN2O3S. The quantitative estimate of drug-likeness (QED) is 0.942. The fourth-order valence-corrected chi connectivity index (χ4v) is 3.44. The summed E-state index contributed by atoms with van der Waals surface area (Å²) < 4.78 is 44.4. The van der Waals surface area contributed by atoms with Crippen molar-refractivity contribution in [3.05, 3.63) is 23.2 Å². The number of nitrogens with one attached hydrogen (secondary N) is 1. The first kappa shape index (κ1) is 12.7. The smallest absolute Gasteiger partial charge is 0.237 e.